The van der Waals surface area contributed by atoms with Crippen molar-refractivity contribution in [1.82, 2.24) is 28.7 Å². The van der Waals surface area contributed by atoms with Crippen LogP contribution in [0.2, 0.25) is 0 Å². The molecule has 0 atom stereocenters. The van der Waals surface area contributed by atoms with Crippen LogP contribution in [0.1, 0.15) is 0 Å². The maximum absolute atomic E-state index is 16.7. The molecule has 0 unspecified atom stereocenters. The van der Waals surface area contributed by atoms with Crippen molar-refractivity contribution in [3.63, 3.8) is 0 Å². The van der Waals surface area contributed by atoms with E-state index in [0.717, 1.165) is 65.4 Å². The highest BCUT2D eigenvalue weighted by Crippen LogP contribution is 2.42. The minimum absolute atomic E-state index is 0.399. The molecule has 0 saturated carbocycles. The Labute approximate surface area is 338 Å². The van der Waals surface area contributed by atoms with Crippen LogP contribution in [0, 0.1) is 0 Å². The highest BCUT2D eigenvalue weighted by atomic mass is 31.2. The summed E-state index contributed by atoms with van der Waals surface area (Å²) >= 11 is 0. The number of fused-ring (bicyclic) bond motifs is 9. The minimum atomic E-state index is -3.90. The molecule has 278 valence electrons. The monoisotopic (exact) mass is 776 g/mol. The van der Waals surface area contributed by atoms with Crippen LogP contribution in [0.25, 0.3) is 82.9 Å². The number of hydrogen-bond acceptors (Lipinski definition) is 4. The number of aromatic nitrogens is 6. The molecular weight excluding hydrogens is 744 g/mol. The molecule has 0 aliphatic rings. The summed E-state index contributed by atoms with van der Waals surface area (Å²) < 4.78 is 23.2. The average molecular weight is 777 g/mol. The molecule has 0 amide bonds. The number of pyridine rings is 3. The highest BCUT2D eigenvalue weighted by molar-refractivity contribution is 7.84. The number of para-hydroxylation sites is 6. The van der Waals surface area contributed by atoms with Gasteiger partial charge in [-0.25, -0.2) is 15.0 Å². The summed E-state index contributed by atoms with van der Waals surface area (Å²) in [4.78, 5) is 16.0. The molecule has 12 rings (SSSR count). The summed E-state index contributed by atoms with van der Waals surface area (Å²) in [6.45, 7) is 0. The Bertz CT molecular complexity index is 3150. The van der Waals surface area contributed by atoms with Crippen LogP contribution in [0.5, 0.6) is 0 Å². The van der Waals surface area contributed by atoms with Gasteiger partial charge in [-0.05, 0) is 72.8 Å². The first kappa shape index (κ1) is 33.5. The van der Waals surface area contributed by atoms with Gasteiger partial charge in [-0.15, -0.1) is 0 Å². The second-order valence-corrected chi connectivity index (χ2v) is 17.4. The van der Waals surface area contributed by atoms with Crippen molar-refractivity contribution in [2.24, 2.45) is 0 Å². The van der Waals surface area contributed by atoms with Gasteiger partial charge in [0, 0.05) is 32.3 Å². The SMILES string of the molecule is O=P(c1cccc(-n2c3ccccc3c3ccccc32)n1)(c1cccc(-n2c3ccccc3c3ccccc32)n1)c1cccc(-n2c3ccccc3c3ccccc32)n1. The van der Waals surface area contributed by atoms with E-state index in [9.17, 15) is 0 Å². The van der Waals surface area contributed by atoms with Crippen LogP contribution in [0.3, 0.4) is 0 Å². The predicted molar refractivity (Wildman–Crippen MR) is 242 cm³/mol. The van der Waals surface area contributed by atoms with Gasteiger partial charge in [0.15, 0.2) is 0 Å². The van der Waals surface area contributed by atoms with E-state index in [1.807, 2.05) is 91.0 Å². The molecule has 0 bridgehead atoms. The van der Waals surface area contributed by atoms with E-state index in [-0.39, 0.29) is 0 Å². The largest absolute Gasteiger partial charge is 0.304 e. The standard InChI is InChI=1S/C51H33N6OP/c58-59(49-31-13-28-46(52-49)55-40-22-7-1-16-34(40)35-17-2-8-23-41(35)55,50-32-14-29-47(53-50)56-42-24-9-3-18-36(42)37-19-4-10-25-43(37)56)51-33-15-30-48(54-51)57-44-26-11-5-20-38(44)39-21-6-12-27-45(39)57/h1-33H. The molecule has 6 heterocycles. The highest BCUT2D eigenvalue weighted by Gasteiger charge is 2.36. The summed E-state index contributed by atoms with van der Waals surface area (Å²) in [6.07, 6.45) is 0. The van der Waals surface area contributed by atoms with Crippen LogP contribution in [-0.2, 0) is 4.57 Å². The van der Waals surface area contributed by atoms with E-state index in [4.69, 9.17) is 15.0 Å². The van der Waals surface area contributed by atoms with Gasteiger partial charge in [0.25, 0.3) is 0 Å². The van der Waals surface area contributed by atoms with Crippen LogP contribution in [0.4, 0.5) is 0 Å². The van der Waals surface area contributed by atoms with Crippen molar-refractivity contribution in [3.05, 3.63) is 200 Å². The number of rotatable bonds is 6. The second kappa shape index (κ2) is 13.0. The summed E-state index contributed by atoms with van der Waals surface area (Å²) in [5.41, 5.74) is 7.31. The van der Waals surface area contributed by atoms with Crippen LogP contribution in [0.15, 0.2) is 200 Å². The van der Waals surface area contributed by atoms with Crippen molar-refractivity contribution in [3.8, 4) is 17.5 Å². The van der Waals surface area contributed by atoms with E-state index in [2.05, 4.69) is 123 Å². The van der Waals surface area contributed by atoms with Crippen LogP contribution in [-0.4, -0.2) is 28.7 Å². The Morgan fingerprint density at radius 1 is 0.271 bits per heavy atom. The Morgan fingerprint density at radius 3 is 0.729 bits per heavy atom. The van der Waals surface area contributed by atoms with Gasteiger partial charge in [0.05, 0.1) is 33.1 Å². The zero-order valence-electron chi connectivity index (χ0n) is 31.6. The molecule has 7 nitrogen and oxygen atoms in total. The molecule has 12 aromatic rings. The first-order valence-corrected chi connectivity index (χ1v) is 21.4. The molecule has 0 aliphatic carbocycles. The Hall–Kier alpha value is -7.60. The molecule has 0 N–H and O–H groups in total. The lowest BCUT2D eigenvalue weighted by atomic mass is 10.2. The van der Waals surface area contributed by atoms with Gasteiger partial charge in [-0.3, -0.25) is 13.7 Å². The fraction of sp³-hybridized carbons (Fsp3) is 0. The number of nitrogens with zero attached hydrogens (tertiary/aromatic N) is 6. The summed E-state index contributed by atoms with van der Waals surface area (Å²) in [7, 11) is -3.90. The van der Waals surface area contributed by atoms with Crippen molar-refractivity contribution < 1.29 is 4.57 Å². The molecule has 6 aromatic carbocycles. The van der Waals surface area contributed by atoms with E-state index in [1.165, 1.54) is 0 Å². The van der Waals surface area contributed by atoms with Crippen molar-refractivity contribution in [1.29, 1.82) is 0 Å². The third kappa shape index (κ3) is 4.95. The smallest absolute Gasteiger partial charge is 0.223 e. The van der Waals surface area contributed by atoms with Crippen molar-refractivity contribution in [2.75, 3.05) is 0 Å². The van der Waals surface area contributed by atoms with Gasteiger partial charge in [0.1, 0.15) is 33.8 Å². The lowest BCUT2D eigenvalue weighted by Crippen LogP contribution is -2.32. The Morgan fingerprint density at radius 2 is 0.492 bits per heavy atom. The van der Waals surface area contributed by atoms with Crippen LogP contribution >= 0.6 is 7.14 Å². The van der Waals surface area contributed by atoms with E-state index >= 15 is 4.57 Å². The molecular formula is C51H33N6OP. The third-order valence-corrected chi connectivity index (χ3v) is 14.2. The molecule has 59 heavy (non-hydrogen) atoms. The molecule has 0 spiro atoms. The summed E-state index contributed by atoms with van der Waals surface area (Å²) in [5.74, 6) is 1.99. The maximum Gasteiger partial charge on any atom is 0.223 e. The summed E-state index contributed by atoms with van der Waals surface area (Å²) in [6, 6.07) is 67.4. The van der Waals surface area contributed by atoms with Crippen LogP contribution < -0.4 is 16.3 Å². The lowest BCUT2D eigenvalue weighted by Gasteiger charge is -2.20. The predicted octanol–water partition coefficient (Wildman–Crippen LogP) is 10.8. The van der Waals surface area contributed by atoms with Gasteiger partial charge in [-0.1, -0.05) is 127 Å². The fourth-order valence-corrected chi connectivity index (χ4v) is 11.3. The molecule has 0 fully saturated rings. The van der Waals surface area contributed by atoms with E-state index in [1.54, 1.807) is 0 Å². The lowest BCUT2D eigenvalue weighted by molar-refractivity contribution is 0.590. The van der Waals surface area contributed by atoms with Crippen molar-refractivity contribution in [2.45, 2.75) is 0 Å². The quantitative estimate of drug-likeness (QED) is 0.158. The van der Waals surface area contributed by atoms with Gasteiger partial charge in [0.2, 0.25) is 7.14 Å². The van der Waals surface area contributed by atoms with E-state index < -0.39 is 7.14 Å². The first-order valence-electron chi connectivity index (χ1n) is 19.7. The molecule has 6 aromatic heterocycles. The average Bonchev–Trinajstić information content (AvgIpc) is 3.95. The molecule has 8 heteroatoms. The Balaban J connectivity index is 1.12. The third-order valence-electron chi connectivity index (χ3n) is 11.6. The first-order chi connectivity index (χ1) is 29.2. The number of benzene rings is 6. The zero-order chi connectivity index (χ0) is 39.1. The Kier molecular flexibility index (Phi) is 7.37. The van der Waals surface area contributed by atoms with E-state index in [0.29, 0.717) is 33.8 Å². The second-order valence-electron chi connectivity index (χ2n) is 14.8. The topological polar surface area (TPSA) is 70.5 Å². The molecule has 0 saturated heterocycles. The normalized spacial score (nSPS) is 12.1. The summed E-state index contributed by atoms with van der Waals surface area (Å²) in [5, 5.41) is 6.75. The fourth-order valence-electron chi connectivity index (χ4n) is 9.00. The minimum Gasteiger partial charge on any atom is -0.304 e. The zero-order valence-corrected chi connectivity index (χ0v) is 32.5. The molecule has 0 aliphatic heterocycles. The van der Waals surface area contributed by atoms with Crippen molar-refractivity contribution >= 4 is 88.9 Å². The number of hydrogen-bond donors (Lipinski definition) is 0. The maximum atomic E-state index is 16.7. The van der Waals surface area contributed by atoms with Gasteiger partial charge >= 0.3 is 0 Å². The van der Waals surface area contributed by atoms with Gasteiger partial charge < -0.3 is 4.57 Å². The molecule has 0 radical (unpaired) electrons. The van der Waals surface area contributed by atoms with Gasteiger partial charge in [-0.2, -0.15) is 0 Å².